The third kappa shape index (κ3) is 1.94. The van der Waals surface area contributed by atoms with Crippen LogP contribution in [0.2, 0.25) is 5.02 Å². The molecule has 1 aliphatic rings. The molecule has 0 radical (unpaired) electrons. The maximum Gasteiger partial charge on any atom is 0.0409 e. The second-order valence-electron chi connectivity index (χ2n) is 4.33. The van der Waals surface area contributed by atoms with Crippen molar-refractivity contribution in [1.29, 1.82) is 0 Å². The summed E-state index contributed by atoms with van der Waals surface area (Å²) < 4.78 is 0. The standard InChI is InChI=1S/C12H16ClN/c1-8-2-3-9-4-5-10(13)7-11(9)12(14)6-8/h4-5,7-8,12H,2-3,6,14H2,1H3. The minimum absolute atomic E-state index is 0.168. The fraction of sp³-hybridized carbons (Fsp3) is 0.500. The zero-order valence-corrected chi connectivity index (χ0v) is 9.22. The van der Waals surface area contributed by atoms with Gasteiger partial charge in [-0.2, -0.15) is 0 Å². The van der Waals surface area contributed by atoms with Crippen molar-refractivity contribution < 1.29 is 0 Å². The van der Waals surface area contributed by atoms with E-state index in [0.29, 0.717) is 0 Å². The fourth-order valence-corrected chi connectivity index (χ4v) is 2.40. The van der Waals surface area contributed by atoms with Crippen LogP contribution >= 0.6 is 11.6 Å². The summed E-state index contributed by atoms with van der Waals surface area (Å²) in [5, 5.41) is 0.800. The molecule has 2 rings (SSSR count). The van der Waals surface area contributed by atoms with E-state index in [1.165, 1.54) is 17.5 Å². The molecule has 2 unspecified atom stereocenters. The van der Waals surface area contributed by atoms with Gasteiger partial charge in [-0.15, -0.1) is 0 Å². The van der Waals surface area contributed by atoms with Gasteiger partial charge in [0.15, 0.2) is 0 Å². The van der Waals surface area contributed by atoms with Crippen molar-refractivity contribution in [1.82, 2.24) is 0 Å². The first-order chi connectivity index (χ1) is 6.66. The van der Waals surface area contributed by atoms with E-state index < -0.39 is 0 Å². The molecule has 1 nitrogen and oxygen atoms in total. The highest BCUT2D eigenvalue weighted by Crippen LogP contribution is 2.31. The Labute approximate surface area is 90.3 Å². The first kappa shape index (κ1) is 10.0. The van der Waals surface area contributed by atoms with Gasteiger partial charge in [-0.3, -0.25) is 0 Å². The molecule has 1 aliphatic carbocycles. The Hall–Kier alpha value is -0.530. The zero-order chi connectivity index (χ0) is 10.1. The lowest BCUT2D eigenvalue weighted by Crippen LogP contribution is -2.12. The van der Waals surface area contributed by atoms with Crippen molar-refractivity contribution in [3.63, 3.8) is 0 Å². The normalized spacial score (nSPS) is 26.8. The van der Waals surface area contributed by atoms with Gasteiger partial charge in [0.1, 0.15) is 0 Å². The highest BCUT2D eigenvalue weighted by Gasteiger charge is 2.19. The molecular weight excluding hydrogens is 194 g/mol. The summed E-state index contributed by atoms with van der Waals surface area (Å²) in [5.74, 6) is 0.719. The number of aryl methyl sites for hydroxylation is 1. The number of hydrogen-bond donors (Lipinski definition) is 1. The first-order valence-electron chi connectivity index (χ1n) is 5.20. The summed E-state index contributed by atoms with van der Waals surface area (Å²) in [6.07, 6.45) is 3.46. The summed E-state index contributed by atoms with van der Waals surface area (Å²) in [6.45, 7) is 2.27. The molecule has 0 aliphatic heterocycles. The molecule has 0 fully saturated rings. The summed E-state index contributed by atoms with van der Waals surface area (Å²) in [7, 11) is 0. The van der Waals surface area contributed by atoms with Crippen LogP contribution in [-0.4, -0.2) is 0 Å². The van der Waals surface area contributed by atoms with E-state index in [2.05, 4.69) is 13.0 Å². The van der Waals surface area contributed by atoms with E-state index >= 15 is 0 Å². The average Bonchev–Trinajstić information content (AvgIpc) is 2.27. The maximum absolute atomic E-state index is 6.15. The molecule has 1 aromatic carbocycles. The SMILES string of the molecule is CC1CCc2ccc(Cl)cc2C(N)C1. The largest absolute Gasteiger partial charge is 0.324 e. The predicted molar refractivity (Wildman–Crippen MR) is 60.5 cm³/mol. The Morgan fingerprint density at radius 3 is 3.00 bits per heavy atom. The molecule has 0 aromatic heterocycles. The molecule has 0 amide bonds. The Kier molecular flexibility index (Phi) is 2.80. The molecule has 76 valence electrons. The van der Waals surface area contributed by atoms with Crippen LogP contribution in [0, 0.1) is 5.92 Å². The summed E-state index contributed by atoms with van der Waals surface area (Å²) in [4.78, 5) is 0. The van der Waals surface area contributed by atoms with Gasteiger partial charge in [-0.25, -0.2) is 0 Å². The molecule has 0 spiro atoms. The van der Waals surface area contributed by atoms with Gasteiger partial charge in [0, 0.05) is 11.1 Å². The molecule has 2 N–H and O–H groups in total. The number of halogens is 1. The Balaban J connectivity index is 2.39. The second-order valence-corrected chi connectivity index (χ2v) is 4.77. The Morgan fingerprint density at radius 2 is 2.21 bits per heavy atom. The van der Waals surface area contributed by atoms with Crippen molar-refractivity contribution in [2.45, 2.75) is 32.2 Å². The molecule has 0 saturated carbocycles. The van der Waals surface area contributed by atoms with Gasteiger partial charge < -0.3 is 5.73 Å². The summed E-state index contributed by atoms with van der Waals surface area (Å²) in [6, 6.07) is 6.28. The van der Waals surface area contributed by atoms with Crippen LogP contribution in [0.1, 0.15) is 36.9 Å². The van der Waals surface area contributed by atoms with Gasteiger partial charge in [0.25, 0.3) is 0 Å². The maximum atomic E-state index is 6.15. The van der Waals surface area contributed by atoms with Crippen LogP contribution < -0.4 is 5.73 Å². The van der Waals surface area contributed by atoms with Crippen LogP contribution in [0.3, 0.4) is 0 Å². The molecule has 14 heavy (non-hydrogen) atoms. The monoisotopic (exact) mass is 209 g/mol. The van der Waals surface area contributed by atoms with Crippen LogP contribution in [0.4, 0.5) is 0 Å². The minimum Gasteiger partial charge on any atom is -0.324 e. The van der Waals surface area contributed by atoms with E-state index in [1.54, 1.807) is 0 Å². The van der Waals surface area contributed by atoms with Crippen LogP contribution in [-0.2, 0) is 6.42 Å². The highest BCUT2D eigenvalue weighted by molar-refractivity contribution is 6.30. The zero-order valence-electron chi connectivity index (χ0n) is 8.46. The average molecular weight is 210 g/mol. The van der Waals surface area contributed by atoms with E-state index in [0.717, 1.165) is 23.8 Å². The highest BCUT2D eigenvalue weighted by atomic mass is 35.5. The minimum atomic E-state index is 0.168. The topological polar surface area (TPSA) is 26.0 Å². The summed E-state index contributed by atoms with van der Waals surface area (Å²) in [5.41, 5.74) is 8.78. The Morgan fingerprint density at radius 1 is 1.43 bits per heavy atom. The molecule has 0 bridgehead atoms. The van der Waals surface area contributed by atoms with E-state index in [9.17, 15) is 0 Å². The van der Waals surface area contributed by atoms with E-state index in [4.69, 9.17) is 17.3 Å². The predicted octanol–water partition coefficient (Wildman–Crippen LogP) is 3.31. The number of rotatable bonds is 0. The van der Waals surface area contributed by atoms with Gasteiger partial charge in [-0.1, -0.05) is 24.6 Å². The molecule has 0 saturated heterocycles. The van der Waals surface area contributed by atoms with E-state index in [1.807, 2.05) is 12.1 Å². The van der Waals surface area contributed by atoms with Gasteiger partial charge >= 0.3 is 0 Å². The molecular formula is C12H16ClN. The Bertz CT molecular complexity index is 335. The lowest BCUT2D eigenvalue weighted by molar-refractivity contribution is 0.464. The van der Waals surface area contributed by atoms with Crippen molar-refractivity contribution in [2.24, 2.45) is 11.7 Å². The number of fused-ring (bicyclic) bond motifs is 1. The third-order valence-corrected chi connectivity index (χ3v) is 3.31. The smallest absolute Gasteiger partial charge is 0.0409 e. The second kappa shape index (κ2) is 3.92. The van der Waals surface area contributed by atoms with Crippen molar-refractivity contribution in [3.05, 3.63) is 34.3 Å². The third-order valence-electron chi connectivity index (χ3n) is 3.07. The van der Waals surface area contributed by atoms with Gasteiger partial charge in [0.05, 0.1) is 0 Å². The molecule has 1 aromatic rings. The number of hydrogen-bond acceptors (Lipinski definition) is 1. The van der Waals surface area contributed by atoms with Crippen LogP contribution in [0.5, 0.6) is 0 Å². The molecule has 2 atom stereocenters. The number of nitrogens with two attached hydrogens (primary N) is 1. The first-order valence-corrected chi connectivity index (χ1v) is 5.58. The quantitative estimate of drug-likeness (QED) is 0.652. The van der Waals surface area contributed by atoms with Crippen molar-refractivity contribution >= 4 is 11.6 Å². The molecule has 0 heterocycles. The number of benzene rings is 1. The van der Waals surface area contributed by atoms with Crippen molar-refractivity contribution in [2.75, 3.05) is 0 Å². The lowest BCUT2D eigenvalue weighted by atomic mass is 9.98. The van der Waals surface area contributed by atoms with Crippen molar-refractivity contribution in [3.8, 4) is 0 Å². The fourth-order valence-electron chi connectivity index (χ4n) is 2.22. The summed E-state index contributed by atoms with van der Waals surface area (Å²) >= 11 is 5.98. The van der Waals surface area contributed by atoms with Crippen LogP contribution in [0.15, 0.2) is 18.2 Å². The lowest BCUT2D eigenvalue weighted by Gasteiger charge is -2.14. The van der Waals surface area contributed by atoms with E-state index in [-0.39, 0.29) is 6.04 Å². The van der Waals surface area contributed by atoms with Gasteiger partial charge in [-0.05, 0) is 48.4 Å². The van der Waals surface area contributed by atoms with Crippen LogP contribution in [0.25, 0.3) is 0 Å². The molecule has 2 heteroatoms. The van der Waals surface area contributed by atoms with Gasteiger partial charge in [0.2, 0.25) is 0 Å².